The molecule has 2 rings (SSSR count). The van der Waals surface area contributed by atoms with Crippen LogP contribution >= 0.6 is 0 Å². The summed E-state index contributed by atoms with van der Waals surface area (Å²) < 4.78 is 1.22. The van der Waals surface area contributed by atoms with Crippen molar-refractivity contribution in [1.29, 1.82) is 0 Å². The lowest BCUT2D eigenvalue weighted by atomic mass is 10.0. The van der Waals surface area contributed by atoms with E-state index in [1.54, 1.807) is 0 Å². The Morgan fingerprint density at radius 1 is 0.359 bits per heavy atom. The van der Waals surface area contributed by atoms with Crippen molar-refractivity contribution >= 4 is 0 Å². The smallest absolute Gasteiger partial charge is 0.105 e. The van der Waals surface area contributed by atoms with Crippen molar-refractivity contribution in [3.8, 4) is 0 Å². The van der Waals surface area contributed by atoms with E-state index in [4.69, 9.17) is 0 Å². The van der Waals surface area contributed by atoms with E-state index in [2.05, 4.69) is 74.5 Å². The van der Waals surface area contributed by atoms with Crippen molar-refractivity contribution in [2.45, 2.75) is 155 Å². The minimum absolute atomic E-state index is 1.17. The fraction of sp³-hybridized carbons (Fsp3) is 0.684. The molecule has 0 aliphatic heterocycles. The van der Waals surface area contributed by atoms with E-state index in [0.29, 0.717) is 0 Å². The summed E-state index contributed by atoms with van der Waals surface area (Å²) in [7, 11) is 0. The number of hydrogen-bond acceptors (Lipinski definition) is 0. The van der Waals surface area contributed by atoms with Gasteiger partial charge in [0.15, 0.2) is 0 Å². The summed E-state index contributed by atoms with van der Waals surface area (Å²) in [6, 6.07) is 22.7. The second-order valence-electron chi connectivity index (χ2n) is 12.4. The van der Waals surface area contributed by atoms with Crippen molar-refractivity contribution in [2.75, 3.05) is 13.1 Å². The van der Waals surface area contributed by atoms with Crippen LogP contribution in [0.1, 0.15) is 153 Å². The van der Waals surface area contributed by atoms with Gasteiger partial charge in [0.25, 0.3) is 0 Å². The first-order chi connectivity index (χ1) is 19.3. The SMILES string of the molecule is CCCCCCCCCCCC[N+](CCCCCCCCCCCC)(Cc1ccccc1)Cc1ccccc1. The first-order valence-electron chi connectivity index (χ1n) is 17.2. The molecule has 0 unspecified atom stereocenters. The maximum atomic E-state index is 2.36. The standard InChI is InChI=1S/C38H64N/c1-3-5-7-9-11-13-15-17-19-27-33-39(35-37-29-23-21-24-30-37,36-38-31-25-22-26-32-38)34-28-20-18-16-14-12-10-8-6-4-2/h21-26,29-32H,3-20,27-28,33-36H2,1-2H3/q+1. The highest BCUT2D eigenvalue weighted by atomic mass is 15.3. The number of unbranched alkanes of at least 4 members (excludes halogenated alkanes) is 18. The molecule has 2 aromatic carbocycles. The highest BCUT2D eigenvalue weighted by Crippen LogP contribution is 2.24. The summed E-state index contributed by atoms with van der Waals surface area (Å²) in [6.07, 6.45) is 28.3. The van der Waals surface area contributed by atoms with E-state index >= 15 is 0 Å². The monoisotopic (exact) mass is 535 g/mol. The molecular weight excluding hydrogens is 470 g/mol. The van der Waals surface area contributed by atoms with Crippen molar-refractivity contribution in [2.24, 2.45) is 0 Å². The Kier molecular flexibility index (Phi) is 19.9. The molecule has 0 aliphatic carbocycles. The highest BCUT2D eigenvalue weighted by molar-refractivity contribution is 5.15. The number of rotatable bonds is 26. The predicted octanol–water partition coefficient (Wildman–Crippen LogP) is 12.0. The minimum atomic E-state index is 1.17. The third-order valence-electron chi connectivity index (χ3n) is 8.69. The van der Waals surface area contributed by atoms with E-state index in [9.17, 15) is 0 Å². The van der Waals surface area contributed by atoms with Gasteiger partial charge in [-0.3, -0.25) is 0 Å². The van der Waals surface area contributed by atoms with Crippen LogP contribution in [0.3, 0.4) is 0 Å². The number of hydrogen-bond donors (Lipinski definition) is 0. The molecule has 0 saturated heterocycles. The lowest BCUT2D eigenvalue weighted by molar-refractivity contribution is -0.954. The average molecular weight is 535 g/mol. The maximum Gasteiger partial charge on any atom is 0.105 e. The molecule has 0 spiro atoms. The van der Waals surface area contributed by atoms with Gasteiger partial charge in [0.2, 0.25) is 0 Å². The quantitative estimate of drug-likeness (QED) is 0.0831. The number of quaternary nitrogens is 1. The van der Waals surface area contributed by atoms with Gasteiger partial charge in [0, 0.05) is 11.1 Å². The van der Waals surface area contributed by atoms with Crippen LogP contribution < -0.4 is 0 Å². The van der Waals surface area contributed by atoms with E-state index in [1.165, 1.54) is 170 Å². The molecule has 0 radical (unpaired) electrons. The van der Waals surface area contributed by atoms with Crippen molar-refractivity contribution in [3.63, 3.8) is 0 Å². The van der Waals surface area contributed by atoms with Crippen LogP contribution in [0.5, 0.6) is 0 Å². The highest BCUT2D eigenvalue weighted by Gasteiger charge is 2.27. The Morgan fingerprint density at radius 2 is 0.641 bits per heavy atom. The van der Waals surface area contributed by atoms with E-state index in [0.717, 1.165) is 0 Å². The summed E-state index contributed by atoms with van der Waals surface area (Å²) in [5.41, 5.74) is 3.01. The molecule has 2 aromatic rings. The summed E-state index contributed by atoms with van der Waals surface area (Å²) in [5.74, 6) is 0. The van der Waals surface area contributed by atoms with Gasteiger partial charge in [0.05, 0.1) is 13.1 Å². The maximum absolute atomic E-state index is 2.36. The zero-order chi connectivity index (χ0) is 27.7. The molecular formula is C38H64N+. The summed E-state index contributed by atoms with van der Waals surface area (Å²) >= 11 is 0. The molecule has 0 saturated carbocycles. The van der Waals surface area contributed by atoms with Crippen LogP contribution in [0, 0.1) is 0 Å². The molecule has 0 heterocycles. The molecule has 0 aliphatic rings. The van der Waals surface area contributed by atoms with Crippen molar-refractivity contribution < 1.29 is 4.48 Å². The van der Waals surface area contributed by atoms with Crippen LogP contribution in [0.4, 0.5) is 0 Å². The fourth-order valence-corrected chi connectivity index (χ4v) is 6.29. The zero-order valence-corrected chi connectivity index (χ0v) is 26.2. The van der Waals surface area contributed by atoms with Crippen molar-refractivity contribution in [3.05, 3.63) is 71.8 Å². The third-order valence-corrected chi connectivity index (χ3v) is 8.69. The average Bonchev–Trinajstić information content (AvgIpc) is 2.96. The first-order valence-corrected chi connectivity index (χ1v) is 17.2. The molecule has 220 valence electrons. The molecule has 0 amide bonds. The molecule has 0 bridgehead atoms. The van der Waals surface area contributed by atoms with Crippen LogP contribution in [-0.4, -0.2) is 17.6 Å². The summed E-state index contributed by atoms with van der Waals surface area (Å²) in [5, 5.41) is 0. The van der Waals surface area contributed by atoms with E-state index in [-0.39, 0.29) is 0 Å². The van der Waals surface area contributed by atoms with Gasteiger partial charge in [-0.05, 0) is 25.7 Å². The lowest BCUT2D eigenvalue weighted by Crippen LogP contribution is -2.48. The molecule has 0 fully saturated rings. The number of benzene rings is 2. The molecule has 39 heavy (non-hydrogen) atoms. The Bertz CT molecular complexity index is 700. The molecule has 0 atom stereocenters. The van der Waals surface area contributed by atoms with Gasteiger partial charge in [0.1, 0.15) is 13.1 Å². The molecule has 0 N–H and O–H groups in total. The Morgan fingerprint density at radius 3 is 0.949 bits per heavy atom. The van der Waals surface area contributed by atoms with Crippen LogP contribution in [0.15, 0.2) is 60.7 Å². The Balaban J connectivity index is 1.88. The lowest BCUT2D eigenvalue weighted by Gasteiger charge is -2.39. The predicted molar refractivity (Wildman–Crippen MR) is 174 cm³/mol. The van der Waals surface area contributed by atoms with Crippen LogP contribution in [0.25, 0.3) is 0 Å². The zero-order valence-electron chi connectivity index (χ0n) is 26.2. The van der Waals surface area contributed by atoms with Gasteiger partial charge in [-0.15, -0.1) is 0 Å². The third kappa shape index (κ3) is 17.0. The van der Waals surface area contributed by atoms with Gasteiger partial charge < -0.3 is 4.48 Å². The van der Waals surface area contributed by atoms with Gasteiger partial charge >= 0.3 is 0 Å². The minimum Gasteiger partial charge on any atom is -0.316 e. The molecule has 1 heteroatoms. The van der Waals surface area contributed by atoms with Gasteiger partial charge in [-0.2, -0.15) is 0 Å². The summed E-state index contributed by atoms with van der Waals surface area (Å²) in [6.45, 7) is 9.60. The second-order valence-corrected chi connectivity index (χ2v) is 12.4. The Hall–Kier alpha value is -1.60. The van der Waals surface area contributed by atoms with E-state index < -0.39 is 0 Å². The topological polar surface area (TPSA) is 0 Å². The molecule has 1 nitrogen and oxygen atoms in total. The van der Waals surface area contributed by atoms with Gasteiger partial charge in [-0.1, -0.05) is 177 Å². The second kappa shape index (κ2) is 23.1. The van der Waals surface area contributed by atoms with Crippen LogP contribution in [0.2, 0.25) is 0 Å². The fourth-order valence-electron chi connectivity index (χ4n) is 6.29. The summed E-state index contributed by atoms with van der Waals surface area (Å²) in [4.78, 5) is 0. The largest absolute Gasteiger partial charge is 0.316 e. The van der Waals surface area contributed by atoms with Crippen molar-refractivity contribution in [1.82, 2.24) is 0 Å². The van der Waals surface area contributed by atoms with Crippen LogP contribution in [-0.2, 0) is 13.1 Å². The molecule has 0 aromatic heterocycles. The number of nitrogens with zero attached hydrogens (tertiary/aromatic N) is 1. The normalized spacial score (nSPS) is 11.7. The Labute approximate surface area is 244 Å². The first kappa shape index (κ1) is 33.6. The van der Waals surface area contributed by atoms with E-state index in [1.807, 2.05) is 0 Å². The van der Waals surface area contributed by atoms with Gasteiger partial charge in [-0.25, -0.2) is 0 Å².